The molecular weight excluding hydrogens is 1350 g/mol. The van der Waals surface area contributed by atoms with E-state index in [1.165, 1.54) is 27.7 Å². The van der Waals surface area contributed by atoms with Crippen LogP contribution >= 0.6 is 0 Å². The first-order valence-electron chi connectivity index (χ1n) is 37.0. The van der Waals surface area contributed by atoms with Gasteiger partial charge in [0, 0.05) is 0 Å². The van der Waals surface area contributed by atoms with E-state index >= 15 is 0 Å². The number of primary amides is 2. The minimum atomic E-state index is -1.48. The molecule has 0 saturated carbocycles. The molecule has 0 spiro atoms. The van der Waals surface area contributed by atoms with E-state index in [1.54, 1.807) is 55.4 Å². The van der Waals surface area contributed by atoms with Gasteiger partial charge in [-0.3, -0.25) is 71.9 Å². The van der Waals surface area contributed by atoms with Gasteiger partial charge in [0.1, 0.15) is 78.5 Å². The molecule has 0 rings (SSSR count). The first-order chi connectivity index (χ1) is 48.6. The Bertz CT molecular complexity index is 2790. The van der Waals surface area contributed by atoms with Gasteiger partial charge < -0.3 is 104 Å². The maximum Gasteiger partial charge on any atom is 0.243 e. The zero-order chi connectivity index (χ0) is 79.8. The Morgan fingerprint density at radius 3 is 0.856 bits per heavy atom. The van der Waals surface area contributed by atoms with Gasteiger partial charge >= 0.3 is 0 Å². The predicted molar refractivity (Wildman–Crippen MR) is 394 cm³/mol. The zero-order valence-corrected chi connectivity index (χ0v) is 64.6. The van der Waals surface area contributed by atoms with Gasteiger partial charge in [-0.05, 0) is 166 Å². The standard InChI is InChI=1S/C70H131N19O15/c1-17-40(11)55(75)69(103)88-53(35-54(74)90)68(102)87-52(34-39(9)10)67(101)83-46(25-19-22-28-71)62(96)78-45(16)61(95)86-50(32-37(5)6)65(99)79-42(13)58(92)77-43(14)60(94)85-51(33-38(7)8)66(100)80-44(15)59(93)81-47(26-20-23-29-72)63(97)82-48(27-21-24-30-73)64(98)89-56(41(12)18-2)70(104)84-49(57(76)91)31-36(3)4/h36-53,55-56H,17-35,71-73,75H2,1-16H3,(H2,74,90)(H2,76,91)(H,77,92)(H,78,96)(H,79,99)(H,80,100)(H,81,93)(H,82,97)(H,83,101)(H,84,104)(H,85,94)(H,86,95)(H,87,102)(H,88,103)(H,89,98)/t40-,41-,42+,43+,44+,45-,46-,47+,48-,49-,50+,51+,52+,53+,55-,56-/m1/s1. The topological polar surface area (TPSA) is 569 Å². The second-order valence-electron chi connectivity index (χ2n) is 29.1. The molecule has 0 bridgehead atoms. The molecule has 0 aliphatic rings. The highest BCUT2D eigenvalue weighted by Gasteiger charge is 2.38. The number of carbonyl (C=O) groups excluding carboxylic acids is 15. The Balaban J connectivity index is 6.37. The fraction of sp³-hybridized carbons (Fsp3) is 0.786. The summed E-state index contributed by atoms with van der Waals surface area (Å²) in [7, 11) is 0. The molecule has 0 unspecified atom stereocenters. The summed E-state index contributed by atoms with van der Waals surface area (Å²) in [5.41, 5.74) is 34.4. The summed E-state index contributed by atoms with van der Waals surface area (Å²) in [6, 6.07) is -17.3. The Kier molecular flexibility index (Phi) is 46.4. The molecule has 25 N–H and O–H groups in total. The third-order valence-corrected chi connectivity index (χ3v) is 17.5. The molecular formula is C70H131N19O15. The second-order valence-corrected chi connectivity index (χ2v) is 29.1. The summed E-state index contributed by atoms with van der Waals surface area (Å²) in [5.74, 6) is -13.0. The third-order valence-electron chi connectivity index (χ3n) is 17.5. The molecule has 0 fully saturated rings. The second kappa shape index (κ2) is 50.4. The molecule has 15 amide bonds. The van der Waals surface area contributed by atoms with Crippen molar-refractivity contribution >= 4 is 88.6 Å². The molecule has 0 aliphatic heterocycles. The van der Waals surface area contributed by atoms with Gasteiger partial charge in [-0.2, -0.15) is 0 Å². The molecule has 0 saturated heterocycles. The minimum Gasteiger partial charge on any atom is -0.370 e. The highest BCUT2D eigenvalue weighted by atomic mass is 16.2. The summed E-state index contributed by atoms with van der Waals surface area (Å²) < 4.78 is 0. The Labute approximate surface area is 615 Å². The highest BCUT2D eigenvalue weighted by Crippen LogP contribution is 2.16. The molecule has 34 nitrogen and oxygen atoms in total. The summed E-state index contributed by atoms with van der Waals surface area (Å²) in [5, 5.41) is 34.1. The third kappa shape index (κ3) is 37.5. The number of nitrogens with two attached hydrogens (primary N) is 6. The van der Waals surface area contributed by atoms with Crippen LogP contribution in [0.25, 0.3) is 0 Å². The van der Waals surface area contributed by atoms with Crippen molar-refractivity contribution in [1.29, 1.82) is 0 Å². The van der Waals surface area contributed by atoms with Crippen molar-refractivity contribution in [2.45, 2.75) is 298 Å². The van der Waals surface area contributed by atoms with Crippen molar-refractivity contribution < 1.29 is 71.9 Å². The fourth-order valence-electron chi connectivity index (χ4n) is 10.8. The van der Waals surface area contributed by atoms with Crippen LogP contribution in [-0.2, 0) is 71.9 Å². The normalized spacial score (nSPS) is 16.0. The number of rotatable bonds is 53. The SMILES string of the molecule is CC[C@@H](C)[C@@H](N)C(=O)N[C@@H](CC(N)=O)C(=O)N[C@@H](CC(C)C)C(=O)N[C@H](CCCCN)C(=O)N[C@H](C)C(=O)N[C@@H](CC(C)C)C(=O)N[C@@H](C)C(=O)N[C@@H](C)C(=O)N[C@@H](CC(C)C)C(=O)N[C@@H](C)C(=O)N[C@@H](CCCCN)C(=O)N[C@H](CCCCN)C(=O)N[C@@H](C(=O)N[C@H](CC(C)C)C(N)=O)[C@H](C)CC. The maximum absolute atomic E-state index is 14.2. The molecule has 0 aromatic rings. The predicted octanol–water partition coefficient (Wildman–Crippen LogP) is -2.28. The summed E-state index contributed by atoms with van der Waals surface area (Å²) in [4.78, 5) is 204. The van der Waals surface area contributed by atoms with E-state index in [9.17, 15) is 71.9 Å². The quantitative estimate of drug-likeness (QED) is 0.0285. The van der Waals surface area contributed by atoms with Crippen LogP contribution in [-0.4, -0.2) is 193 Å². The van der Waals surface area contributed by atoms with Gasteiger partial charge in [0.15, 0.2) is 0 Å². The van der Waals surface area contributed by atoms with Crippen molar-refractivity contribution in [3.63, 3.8) is 0 Å². The van der Waals surface area contributed by atoms with E-state index in [0.717, 1.165) is 0 Å². The Morgan fingerprint density at radius 1 is 0.279 bits per heavy atom. The van der Waals surface area contributed by atoms with Crippen molar-refractivity contribution in [3.05, 3.63) is 0 Å². The average molecular weight is 1480 g/mol. The van der Waals surface area contributed by atoms with E-state index in [-0.39, 0.29) is 87.6 Å². The summed E-state index contributed by atoms with van der Waals surface area (Å²) in [6.45, 7) is 27.8. The van der Waals surface area contributed by atoms with Crippen LogP contribution in [0, 0.1) is 35.5 Å². The van der Waals surface area contributed by atoms with E-state index in [2.05, 4.69) is 69.1 Å². The number of carbonyl (C=O) groups is 15. The number of hydrogen-bond acceptors (Lipinski definition) is 19. The largest absolute Gasteiger partial charge is 0.370 e. The van der Waals surface area contributed by atoms with Crippen molar-refractivity contribution in [3.8, 4) is 0 Å². The lowest BCUT2D eigenvalue weighted by atomic mass is 9.96. The molecule has 0 aromatic heterocycles. The molecule has 596 valence electrons. The van der Waals surface area contributed by atoms with Crippen LogP contribution in [0.2, 0.25) is 0 Å². The van der Waals surface area contributed by atoms with Gasteiger partial charge in [0.2, 0.25) is 88.6 Å². The first-order valence-corrected chi connectivity index (χ1v) is 37.0. The molecule has 16 atom stereocenters. The Morgan fingerprint density at radius 2 is 0.529 bits per heavy atom. The van der Waals surface area contributed by atoms with Crippen LogP contribution in [0.4, 0.5) is 0 Å². The monoisotopic (exact) mass is 1480 g/mol. The van der Waals surface area contributed by atoms with Gasteiger partial charge in [-0.1, -0.05) is 95.9 Å². The average Bonchev–Trinajstić information content (AvgIpc) is 0.858. The number of amides is 15. The number of nitrogens with one attached hydrogen (secondary N) is 13. The van der Waals surface area contributed by atoms with Gasteiger partial charge in [-0.25, -0.2) is 0 Å². The fourth-order valence-corrected chi connectivity index (χ4v) is 10.8. The molecule has 34 heteroatoms. The highest BCUT2D eigenvalue weighted by molar-refractivity contribution is 6.00. The first kappa shape index (κ1) is 95.9. The van der Waals surface area contributed by atoms with Crippen molar-refractivity contribution in [2.24, 2.45) is 69.9 Å². The van der Waals surface area contributed by atoms with Crippen LogP contribution in [0.5, 0.6) is 0 Å². The van der Waals surface area contributed by atoms with Gasteiger partial charge in [0.05, 0.1) is 12.5 Å². The Hall–Kier alpha value is -8.11. The van der Waals surface area contributed by atoms with Crippen molar-refractivity contribution in [2.75, 3.05) is 19.6 Å². The molecule has 104 heavy (non-hydrogen) atoms. The van der Waals surface area contributed by atoms with Crippen LogP contribution in [0.3, 0.4) is 0 Å². The number of hydrogen-bond donors (Lipinski definition) is 19. The molecule has 0 aromatic carbocycles. The molecule has 0 radical (unpaired) electrons. The van der Waals surface area contributed by atoms with Crippen molar-refractivity contribution in [1.82, 2.24) is 69.1 Å². The molecule has 0 heterocycles. The molecule has 0 aliphatic carbocycles. The lowest BCUT2D eigenvalue weighted by Crippen LogP contribution is -2.60. The maximum atomic E-state index is 14.2. The lowest BCUT2D eigenvalue weighted by Gasteiger charge is -2.29. The van der Waals surface area contributed by atoms with Crippen LogP contribution < -0.4 is 104 Å². The van der Waals surface area contributed by atoms with E-state index in [4.69, 9.17) is 34.4 Å². The summed E-state index contributed by atoms with van der Waals surface area (Å²) in [6.07, 6.45) is 3.63. The smallest absolute Gasteiger partial charge is 0.243 e. The minimum absolute atomic E-state index is 0.00729. The van der Waals surface area contributed by atoms with Gasteiger partial charge in [0.25, 0.3) is 0 Å². The zero-order valence-electron chi connectivity index (χ0n) is 64.6. The summed E-state index contributed by atoms with van der Waals surface area (Å²) >= 11 is 0. The van der Waals surface area contributed by atoms with E-state index in [0.29, 0.717) is 57.9 Å². The van der Waals surface area contributed by atoms with Crippen LogP contribution in [0.15, 0.2) is 0 Å². The van der Waals surface area contributed by atoms with Gasteiger partial charge in [-0.15, -0.1) is 0 Å². The lowest BCUT2D eigenvalue weighted by molar-refractivity contribution is -0.136. The van der Waals surface area contributed by atoms with E-state index in [1.807, 2.05) is 27.7 Å². The van der Waals surface area contributed by atoms with E-state index < -0.39 is 186 Å². The number of unbranched alkanes of at least 4 members (excludes halogenated alkanes) is 3. The van der Waals surface area contributed by atoms with Crippen LogP contribution in [0.1, 0.15) is 214 Å².